The summed E-state index contributed by atoms with van der Waals surface area (Å²) in [4.78, 5) is 2.49. The van der Waals surface area contributed by atoms with E-state index in [2.05, 4.69) is 57.0 Å². The second kappa shape index (κ2) is 5.87. The lowest BCUT2D eigenvalue weighted by Gasteiger charge is -2.48. The first-order valence-electron chi connectivity index (χ1n) is 7.84. The molecular formula is C18H30N2. The Morgan fingerprint density at radius 2 is 1.60 bits per heavy atom. The molecule has 0 heterocycles. The van der Waals surface area contributed by atoms with Crippen molar-refractivity contribution in [1.29, 1.82) is 0 Å². The minimum Gasteiger partial charge on any atom is -0.329 e. The van der Waals surface area contributed by atoms with Gasteiger partial charge in [-0.3, -0.25) is 4.90 Å². The zero-order valence-electron chi connectivity index (χ0n) is 13.6. The molecule has 2 rings (SSSR count). The molecule has 0 spiro atoms. The molecule has 0 saturated heterocycles. The van der Waals surface area contributed by atoms with Gasteiger partial charge in [-0.05, 0) is 50.6 Å². The molecule has 1 aliphatic rings. The van der Waals surface area contributed by atoms with Crippen molar-refractivity contribution in [3.63, 3.8) is 0 Å². The quantitative estimate of drug-likeness (QED) is 0.906. The van der Waals surface area contributed by atoms with Crippen molar-refractivity contribution < 1.29 is 0 Å². The molecule has 2 nitrogen and oxygen atoms in total. The Balaban J connectivity index is 2.06. The predicted molar refractivity (Wildman–Crippen MR) is 86.7 cm³/mol. The van der Waals surface area contributed by atoms with Gasteiger partial charge in [-0.2, -0.15) is 0 Å². The van der Waals surface area contributed by atoms with Crippen LogP contribution in [0.5, 0.6) is 0 Å². The fourth-order valence-corrected chi connectivity index (χ4v) is 3.27. The molecule has 1 aromatic rings. The Labute approximate surface area is 124 Å². The molecule has 0 bridgehead atoms. The maximum atomic E-state index is 6.16. The van der Waals surface area contributed by atoms with Gasteiger partial charge in [0.15, 0.2) is 0 Å². The van der Waals surface area contributed by atoms with Crippen LogP contribution in [0, 0.1) is 12.3 Å². The van der Waals surface area contributed by atoms with Crippen LogP contribution in [0.4, 0.5) is 0 Å². The minimum atomic E-state index is 0.195. The average Bonchev–Trinajstić information content (AvgIpc) is 2.42. The van der Waals surface area contributed by atoms with Gasteiger partial charge in [0.25, 0.3) is 0 Å². The van der Waals surface area contributed by atoms with Crippen molar-refractivity contribution in [3.05, 3.63) is 35.4 Å². The Morgan fingerprint density at radius 1 is 1.05 bits per heavy atom. The number of rotatable bonds is 4. The molecule has 112 valence electrons. The molecule has 1 aromatic carbocycles. The second-order valence-electron chi connectivity index (χ2n) is 7.43. The monoisotopic (exact) mass is 274 g/mol. The van der Waals surface area contributed by atoms with Crippen LogP contribution in [0.25, 0.3) is 0 Å². The highest BCUT2D eigenvalue weighted by Crippen LogP contribution is 2.42. The number of hydrogen-bond donors (Lipinski definition) is 1. The molecule has 1 saturated carbocycles. The molecule has 0 unspecified atom stereocenters. The van der Waals surface area contributed by atoms with Gasteiger partial charge in [0.1, 0.15) is 0 Å². The number of nitrogens with zero attached hydrogens (tertiary/aromatic N) is 1. The highest BCUT2D eigenvalue weighted by molar-refractivity contribution is 5.21. The standard InChI is InChI=1S/C18H30N2/c1-15-5-7-16(8-6-15)13-20(4)18(14-19)11-9-17(2,3)10-12-18/h5-8H,9-14,19H2,1-4H3. The van der Waals surface area contributed by atoms with Crippen LogP contribution in [0.3, 0.4) is 0 Å². The van der Waals surface area contributed by atoms with Gasteiger partial charge in [0, 0.05) is 18.6 Å². The van der Waals surface area contributed by atoms with Gasteiger partial charge >= 0.3 is 0 Å². The summed E-state index contributed by atoms with van der Waals surface area (Å²) < 4.78 is 0. The molecule has 2 heteroatoms. The van der Waals surface area contributed by atoms with Crippen molar-refractivity contribution in [2.24, 2.45) is 11.1 Å². The fourth-order valence-electron chi connectivity index (χ4n) is 3.27. The van der Waals surface area contributed by atoms with Crippen LogP contribution >= 0.6 is 0 Å². The summed E-state index contributed by atoms with van der Waals surface area (Å²) >= 11 is 0. The van der Waals surface area contributed by atoms with Crippen molar-refractivity contribution in [3.8, 4) is 0 Å². The van der Waals surface area contributed by atoms with E-state index in [-0.39, 0.29) is 5.54 Å². The lowest BCUT2D eigenvalue weighted by atomic mass is 9.68. The number of nitrogens with two attached hydrogens (primary N) is 1. The van der Waals surface area contributed by atoms with Crippen LogP contribution in [0.15, 0.2) is 24.3 Å². The highest BCUT2D eigenvalue weighted by atomic mass is 15.2. The van der Waals surface area contributed by atoms with Crippen LogP contribution in [-0.2, 0) is 6.54 Å². The number of hydrogen-bond acceptors (Lipinski definition) is 2. The summed E-state index contributed by atoms with van der Waals surface area (Å²) in [5.41, 5.74) is 9.56. The Bertz CT molecular complexity index is 423. The summed E-state index contributed by atoms with van der Waals surface area (Å²) in [5, 5.41) is 0. The Kier molecular flexibility index (Phi) is 4.55. The van der Waals surface area contributed by atoms with E-state index in [1.165, 1.54) is 36.8 Å². The highest BCUT2D eigenvalue weighted by Gasteiger charge is 2.40. The third kappa shape index (κ3) is 3.42. The summed E-state index contributed by atoms with van der Waals surface area (Å²) in [6.07, 6.45) is 5.00. The van der Waals surface area contributed by atoms with E-state index in [0.717, 1.165) is 13.1 Å². The van der Waals surface area contributed by atoms with Crippen molar-refractivity contribution in [2.45, 2.75) is 58.5 Å². The van der Waals surface area contributed by atoms with Gasteiger partial charge in [-0.25, -0.2) is 0 Å². The largest absolute Gasteiger partial charge is 0.329 e. The number of benzene rings is 1. The second-order valence-corrected chi connectivity index (χ2v) is 7.43. The summed E-state index contributed by atoms with van der Waals surface area (Å²) in [5.74, 6) is 0. The molecule has 0 amide bonds. The third-order valence-corrected chi connectivity index (χ3v) is 5.26. The van der Waals surface area contributed by atoms with Crippen LogP contribution in [0.1, 0.15) is 50.7 Å². The van der Waals surface area contributed by atoms with Crippen LogP contribution < -0.4 is 5.73 Å². The van der Waals surface area contributed by atoms with E-state index in [1.54, 1.807) is 0 Å². The van der Waals surface area contributed by atoms with Gasteiger partial charge in [0.2, 0.25) is 0 Å². The molecule has 0 aromatic heterocycles. The molecule has 20 heavy (non-hydrogen) atoms. The van der Waals surface area contributed by atoms with Gasteiger partial charge in [0.05, 0.1) is 0 Å². The Morgan fingerprint density at radius 3 is 2.10 bits per heavy atom. The molecule has 0 radical (unpaired) electrons. The lowest BCUT2D eigenvalue weighted by Crippen LogP contribution is -2.54. The minimum absolute atomic E-state index is 0.195. The van der Waals surface area contributed by atoms with E-state index in [1.807, 2.05) is 0 Å². The van der Waals surface area contributed by atoms with Crippen LogP contribution in [0.2, 0.25) is 0 Å². The van der Waals surface area contributed by atoms with Crippen molar-refractivity contribution in [1.82, 2.24) is 4.90 Å². The van der Waals surface area contributed by atoms with E-state index in [9.17, 15) is 0 Å². The first-order chi connectivity index (χ1) is 9.37. The SMILES string of the molecule is Cc1ccc(CN(C)C2(CN)CCC(C)(C)CC2)cc1. The van der Waals surface area contributed by atoms with E-state index < -0.39 is 0 Å². The molecular weight excluding hydrogens is 244 g/mol. The third-order valence-electron chi connectivity index (χ3n) is 5.26. The summed E-state index contributed by atoms with van der Waals surface area (Å²) in [7, 11) is 2.24. The molecule has 0 aliphatic heterocycles. The number of aryl methyl sites for hydroxylation is 1. The normalized spacial score (nSPS) is 21.1. The van der Waals surface area contributed by atoms with Crippen molar-refractivity contribution in [2.75, 3.05) is 13.6 Å². The smallest absolute Gasteiger partial charge is 0.0332 e. The zero-order chi connectivity index (χ0) is 14.8. The molecule has 1 fully saturated rings. The molecule has 1 aliphatic carbocycles. The van der Waals surface area contributed by atoms with E-state index in [0.29, 0.717) is 5.41 Å². The lowest BCUT2D eigenvalue weighted by molar-refractivity contribution is 0.0364. The first kappa shape index (κ1) is 15.5. The van der Waals surface area contributed by atoms with Gasteiger partial charge in [-0.15, -0.1) is 0 Å². The Hall–Kier alpha value is -0.860. The topological polar surface area (TPSA) is 29.3 Å². The van der Waals surface area contributed by atoms with E-state index in [4.69, 9.17) is 5.73 Å². The maximum absolute atomic E-state index is 6.16. The molecule has 0 atom stereocenters. The van der Waals surface area contributed by atoms with Crippen molar-refractivity contribution >= 4 is 0 Å². The van der Waals surface area contributed by atoms with E-state index >= 15 is 0 Å². The van der Waals surface area contributed by atoms with Gasteiger partial charge in [-0.1, -0.05) is 43.7 Å². The molecule has 2 N–H and O–H groups in total. The maximum Gasteiger partial charge on any atom is 0.0332 e. The van der Waals surface area contributed by atoms with Gasteiger partial charge < -0.3 is 5.73 Å². The summed E-state index contributed by atoms with van der Waals surface area (Å²) in [6.45, 7) is 8.67. The zero-order valence-corrected chi connectivity index (χ0v) is 13.6. The predicted octanol–water partition coefficient (Wildman–Crippen LogP) is 3.72. The fraction of sp³-hybridized carbons (Fsp3) is 0.667. The first-order valence-corrected chi connectivity index (χ1v) is 7.84. The average molecular weight is 274 g/mol. The van der Waals surface area contributed by atoms with Crippen LogP contribution in [-0.4, -0.2) is 24.0 Å². The summed E-state index contributed by atoms with van der Waals surface area (Å²) in [6, 6.07) is 8.87. The number of likely N-dealkylation sites (N-methyl/N-ethyl adjacent to an activating group) is 1.